The summed E-state index contributed by atoms with van der Waals surface area (Å²) in [5, 5.41) is 27.1. The van der Waals surface area contributed by atoms with Crippen LogP contribution in [0.15, 0.2) is 91.0 Å². The summed E-state index contributed by atoms with van der Waals surface area (Å²) < 4.78 is 11.8. The molecule has 0 fully saturated rings. The van der Waals surface area contributed by atoms with E-state index >= 15 is 0 Å². The Morgan fingerprint density at radius 2 is 1.61 bits per heavy atom. The van der Waals surface area contributed by atoms with E-state index in [0.717, 1.165) is 33.6 Å². The molecule has 5 rings (SSSR count). The highest BCUT2D eigenvalue weighted by Gasteiger charge is 2.22. The molecule has 0 amide bonds. The van der Waals surface area contributed by atoms with Crippen LogP contribution in [-0.2, 0) is 17.8 Å². The number of rotatable bonds is 10. The molecule has 0 atom stereocenters. The zero-order chi connectivity index (χ0) is 28.8. The molecule has 0 unspecified atom stereocenters. The standard InChI is InChI=1S/C30H26N6O5/c1-40-23-16-12-21(13-17-23)19-35-29(32-33-34-35)25-7-4-3-6-24(25)22-14-10-20(11-15-22)18-31-28-26(30(37)41-2)8-5-9-27(28)36(38)39/h3-17,31H,18-19H2,1-2H3. The van der Waals surface area contributed by atoms with Gasteiger partial charge in [-0.05, 0) is 50.9 Å². The topological polar surface area (TPSA) is 134 Å². The van der Waals surface area contributed by atoms with E-state index in [2.05, 4.69) is 20.8 Å². The Balaban J connectivity index is 1.38. The van der Waals surface area contributed by atoms with Crippen LogP contribution in [0.3, 0.4) is 0 Å². The first kappa shape index (κ1) is 27.0. The van der Waals surface area contributed by atoms with Crippen LogP contribution in [0.5, 0.6) is 5.75 Å². The predicted octanol–water partition coefficient (Wildman–Crippen LogP) is 5.37. The first-order chi connectivity index (χ1) is 20.0. The molecule has 0 saturated heterocycles. The maximum atomic E-state index is 12.2. The normalized spacial score (nSPS) is 10.7. The number of benzene rings is 4. The average molecular weight is 551 g/mol. The molecule has 5 aromatic rings. The second kappa shape index (κ2) is 12.1. The molecule has 0 saturated carbocycles. The summed E-state index contributed by atoms with van der Waals surface area (Å²) in [6.07, 6.45) is 0. The Kier molecular flexibility index (Phi) is 7.95. The van der Waals surface area contributed by atoms with Gasteiger partial charge in [0, 0.05) is 18.2 Å². The van der Waals surface area contributed by atoms with Gasteiger partial charge in [-0.2, -0.15) is 0 Å². The number of nitrogens with one attached hydrogen (secondary N) is 1. The first-order valence-corrected chi connectivity index (χ1v) is 12.7. The van der Waals surface area contributed by atoms with Crippen molar-refractivity contribution in [2.24, 2.45) is 0 Å². The molecule has 0 spiro atoms. The number of anilines is 1. The Morgan fingerprint density at radius 3 is 2.29 bits per heavy atom. The van der Waals surface area contributed by atoms with Gasteiger partial charge < -0.3 is 14.8 Å². The van der Waals surface area contributed by atoms with Gasteiger partial charge in [0.1, 0.15) is 11.4 Å². The third-order valence-corrected chi connectivity index (χ3v) is 6.57. The number of ether oxygens (including phenoxy) is 2. The van der Waals surface area contributed by atoms with E-state index in [-0.39, 0.29) is 23.5 Å². The van der Waals surface area contributed by atoms with Gasteiger partial charge in [0.05, 0.1) is 31.3 Å². The molecule has 11 heteroatoms. The van der Waals surface area contributed by atoms with Gasteiger partial charge >= 0.3 is 5.97 Å². The maximum absolute atomic E-state index is 12.2. The van der Waals surface area contributed by atoms with Crippen molar-refractivity contribution >= 4 is 17.3 Å². The SMILES string of the molecule is COC(=O)c1cccc([N+](=O)[O-])c1NCc1ccc(-c2ccccc2-c2nnnn2Cc2ccc(OC)cc2)cc1. The summed E-state index contributed by atoms with van der Waals surface area (Å²) in [4.78, 5) is 23.2. The molecule has 0 aliphatic heterocycles. The van der Waals surface area contributed by atoms with Crippen molar-refractivity contribution in [2.75, 3.05) is 19.5 Å². The number of para-hydroxylation sites is 1. The molecule has 206 valence electrons. The molecule has 41 heavy (non-hydrogen) atoms. The molecular formula is C30H26N6O5. The molecule has 11 nitrogen and oxygen atoms in total. The minimum atomic E-state index is -0.655. The van der Waals surface area contributed by atoms with Gasteiger partial charge in [0.2, 0.25) is 0 Å². The summed E-state index contributed by atoms with van der Waals surface area (Å²) in [5.41, 5.74) is 4.67. The highest BCUT2D eigenvalue weighted by molar-refractivity contribution is 5.98. The van der Waals surface area contributed by atoms with E-state index in [1.807, 2.05) is 72.8 Å². The van der Waals surface area contributed by atoms with Gasteiger partial charge in [-0.25, -0.2) is 9.48 Å². The molecular weight excluding hydrogens is 524 g/mol. The highest BCUT2D eigenvalue weighted by Crippen LogP contribution is 2.32. The molecule has 1 aromatic heterocycles. The highest BCUT2D eigenvalue weighted by atomic mass is 16.6. The smallest absolute Gasteiger partial charge is 0.340 e. The van der Waals surface area contributed by atoms with Crippen molar-refractivity contribution in [1.82, 2.24) is 20.2 Å². The molecule has 0 aliphatic carbocycles. The molecule has 0 radical (unpaired) electrons. The second-order valence-corrected chi connectivity index (χ2v) is 9.05. The van der Waals surface area contributed by atoms with Gasteiger partial charge in [-0.3, -0.25) is 10.1 Å². The van der Waals surface area contributed by atoms with Crippen LogP contribution < -0.4 is 10.1 Å². The van der Waals surface area contributed by atoms with Crippen molar-refractivity contribution in [3.05, 3.63) is 118 Å². The summed E-state index contributed by atoms with van der Waals surface area (Å²) in [7, 11) is 2.86. The van der Waals surface area contributed by atoms with Crippen LogP contribution in [0.2, 0.25) is 0 Å². The fourth-order valence-electron chi connectivity index (χ4n) is 4.49. The quantitative estimate of drug-likeness (QED) is 0.138. The minimum absolute atomic E-state index is 0.0969. The molecule has 1 heterocycles. The van der Waals surface area contributed by atoms with Crippen LogP contribution in [0.1, 0.15) is 21.5 Å². The van der Waals surface area contributed by atoms with Crippen molar-refractivity contribution in [3.8, 4) is 28.3 Å². The third-order valence-electron chi connectivity index (χ3n) is 6.57. The predicted molar refractivity (Wildman–Crippen MR) is 153 cm³/mol. The Labute approximate surface area is 235 Å². The van der Waals surface area contributed by atoms with Crippen LogP contribution in [-0.4, -0.2) is 45.3 Å². The van der Waals surface area contributed by atoms with Crippen molar-refractivity contribution < 1.29 is 19.2 Å². The lowest BCUT2D eigenvalue weighted by Gasteiger charge is -2.13. The molecule has 4 aromatic carbocycles. The monoisotopic (exact) mass is 550 g/mol. The second-order valence-electron chi connectivity index (χ2n) is 9.05. The number of esters is 1. The first-order valence-electron chi connectivity index (χ1n) is 12.7. The van der Waals surface area contributed by atoms with E-state index in [1.165, 1.54) is 25.3 Å². The Morgan fingerprint density at radius 1 is 0.902 bits per heavy atom. The van der Waals surface area contributed by atoms with E-state index in [4.69, 9.17) is 9.47 Å². The Hall–Kier alpha value is -5.58. The summed E-state index contributed by atoms with van der Waals surface area (Å²) in [5.74, 6) is 0.756. The number of methoxy groups -OCH3 is 2. The lowest BCUT2D eigenvalue weighted by atomic mass is 9.98. The van der Waals surface area contributed by atoms with Gasteiger partial charge in [0.25, 0.3) is 5.69 Å². The van der Waals surface area contributed by atoms with Crippen LogP contribution >= 0.6 is 0 Å². The van der Waals surface area contributed by atoms with Crippen LogP contribution in [0.4, 0.5) is 11.4 Å². The van der Waals surface area contributed by atoms with Gasteiger partial charge in [-0.15, -0.1) is 5.10 Å². The average Bonchev–Trinajstić information content (AvgIpc) is 3.48. The lowest BCUT2D eigenvalue weighted by Crippen LogP contribution is -2.10. The van der Waals surface area contributed by atoms with Crippen LogP contribution in [0, 0.1) is 10.1 Å². The summed E-state index contributed by atoms with van der Waals surface area (Å²) >= 11 is 0. The van der Waals surface area contributed by atoms with E-state index in [0.29, 0.717) is 12.4 Å². The zero-order valence-corrected chi connectivity index (χ0v) is 22.4. The summed E-state index contributed by atoms with van der Waals surface area (Å²) in [6, 6.07) is 27.7. The number of tetrazole rings is 1. The number of carbonyl (C=O) groups is 1. The lowest BCUT2D eigenvalue weighted by molar-refractivity contribution is -0.384. The van der Waals surface area contributed by atoms with E-state index in [9.17, 15) is 14.9 Å². The molecule has 1 N–H and O–H groups in total. The van der Waals surface area contributed by atoms with Crippen molar-refractivity contribution in [3.63, 3.8) is 0 Å². The number of hydrogen-bond donors (Lipinski definition) is 1. The number of nitrogens with zero attached hydrogens (tertiary/aromatic N) is 5. The zero-order valence-electron chi connectivity index (χ0n) is 22.4. The van der Waals surface area contributed by atoms with E-state index < -0.39 is 10.9 Å². The number of hydrogen-bond acceptors (Lipinski definition) is 9. The van der Waals surface area contributed by atoms with Crippen molar-refractivity contribution in [1.29, 1.82) is 0 Å². The molecule has 0 aliphatic rings. The third kappa shape index (κ3) is 5.88. The maximum Gasteiger partial charge on any atom is 0.340 e. The minimum Gasteiger partial charge on any atom is -0.497 e. The van der Waals surface area contributed by atoms with E-state index in [1.54, 1.807) is 11.8 Å². The number of nitro benzene ring substituents is 1. The van der Waals surface area contributed by atoms with Crippen LogP contribution in [0.25, 0.3) is 22.5 Å². The number of nitro groups is 1. The fourth-order valence-corrected chi connectivity index (χ4v) is 4.49. The number of carbonyl (C=O) groups excluding carboxylic acids is 1. The summed E-state index contributed by atoms with van der Waals surface area (Å²) in [6.45, 7) is 0.751. The van der Waals surface area contributed by atoms with Gasteiger partial charge in [-0.1, -0.05) is 66.7 Å². The largest absolute Gasteiger partial charge is 0.497 e. The van der Waals surface area contributed by atoms with Crippen molar-refractivity contribution in [2.45, 2.75) is 13.1 Å². The molecule has 0 bridgehead atoms. The Bertz CT molecular complexity index is 1680. The fraction of sp³-hybridized carbons (Fsp3) is 0.133. The van der Waals surface area contributed by atoms with Gasteiger partial charge in [0.15, 0.2) is 5.82 Å². The number of aromatic nitrogens is 4.